The molecule has 0 fully saturated rings. The molecule has 5 heteroatoms. The highest BCUT2D eigenvalue weighted by molar-refractivity contribution is 5.77. The molecular weight excluding hydrogens is 294 g/mol. The van der Waals surface area contributed by atoms with Crippen LogP contribution in [0.25, 0.3) is 0 Å². The Labute approximate surface area is 136 Å². The van der Waals surface area contributed by atoms with Crippen molar-refractivity contribution in [2.45, 2.75) is 13.2 Å². The zero-order valence-electron chi connectivity index (χ0n) is 13.4. The molecule has 0 aromatic heterocycles. The predicted octanol–water partition coefficient (Wildman–Crippen LogP) is 2.54. The molecule has 0 atom stereocenters. The molecule has 2 aromatic rings. The quantitative estimate of drug-likeness (QED) is 0.813. The number of rotatable bonds is 8. The van der Waals surface area contributed by atoms with Gasteiger partial charge in [-0.3, -0.25) is 4.79 Å². The number of carbonyl (C=O) groups is 1. The Morgan fingerprint density at radius 2 is 1.78 bits per heavy atom. The highest BCUT2D eigenvalue weighted by Gasteiger charge is 2.10. The van der Waals surface area contributed by atoms with Gasteiger partial charge in [-0.1, -0.05) is 42.5 Å². The Kier molecular flexibility index (Phi) is 6.44. The summed E-state index contributed by atoms with van der Waals surface area (Å²) in [6.45, 7) is 0.784. The lowest BCUT2D eigenvalue weighted by Gasteiger charge is -2.13. The van der Waals surface area contributed by atoms with Crippen molar-refractivity contribution in [1.29, 1.82) is 0 Å². The molecule has 0 spiro atoms. The molecular formula is C18H21NO4. The van der Waals surface area contributed by atoms with Gasteiger partial charge in [0.2, 0.25) is 5.91 Å². The minimum absolute atomic E-state index is 0.0151. The molecule has 2 aromatic carbocycles. The number of hydrogen-bond donors (Lipinski definition) is 1. The maximum Gasteiger partial charge on any atom is 0.246 e. The van der Waals surface area contributed by atoms with Crippen LogP contribution in [0.5, 0.6) is 11.5 Å². The third-order valence-corrected chi connectivity index (χ3v) is 3.31. The minimum atomic E-state index is -0.175. The summed E-state index contributed by atoms with van der Waals surface area (Å²) in [4.78, 5) is 11.9. The standard InChI is InChI=1S/C18H21NO4/c1-21-16-10-6-9-15(18(16)22-2)11-19-17(20)13-23-12-14-7-4-3-5-8-14/h3-10H,11-13H2,1-2H3,(H,19,20). The van der Waals surface area contributed by atoms with E-state index in [1.165, 1.54) is 0 Å². The lowest BCUT2D eigenvalue weighted by molar-refractivity contribution is -0.126. The van der Waals surface area contributed by atoms with E-state index in [1.54, 1.807) is 14.2 Å². The van der Waals surface area contributed by atoms with Crippen LogP contribution in [0, 0.1) is 0 Å². The van der Waals surface area contributed by atoms with Crippen LogP contribution in [0.4, 0.5) is 0 Å². The van der Waals surface area contributed by atoms with Gasteiger partial charge in [0.1, 0.15) is 6.61 Å². The maximum atomic E-state index is 11.9. The third kappa shape index (κ3) is 5.00. The van der Waals surface area contributed by atoms with Crippen LogP contribution in [0.15, 0.2) is 48.5 Å². The van der Waals surface area contributed by atoms with Crippen molar-refractivity contribution in [1.82, 2.24) is 5.32 Å². The first-order chi connectivity index (χ1) is 11.2. The van der Waals surface area contributed by atoms with Crippen LogP contribution in [0.3, 0.4) is 0 Å². The predicted molar refractivity (Wildman–Crippen MR) is 87.5 cm³/mol. The number of nitrogens with one attached hydrogen (secondary N) is 1. The molecule has 0 aliphatic carbocycles. The second-order valence-electron chi connectivity index (χ2n) is 4.91. The van der Waals surface area contributed by atoms with E-state index >= 15 is 0 Å². The smallest absolute Gasteiger partial charge is 0.246 e. The molecule has 23 heavy (non-hydrogen) atoms. The van der Waals surface area contributed by atoms with Gasteiger partial charge >= 0.3 is 0 Å². The van der Waals surface area contributed by atoms with Crippen LogP contribution < -0.4 is 14.8 Å². The Hall–Kier alpha value is -2.53. The van der Waals surface area contributed by atoms with Crippen molar-refractivity contribution < 1.29 is 19.0 Å². The van der Waals surface area contributed by atoms with Gasteiger partial charge in [0.05, 0.1) is 20.8 Å². The molecule has 1 amide bonds. The highest BCUT2D eigenvalue weighted by atomic mass is 16.5. The SMILES string of the molecule is COc1cccc(CNC(=O)COCc2ccccc2)c1OC. The molecule has 0 aliphatic heterocycles. The number of hydrogen-bond acceptors (Lipinski definition) is 4. The first-order valence-corrected chi connectivity index (χ1v) is 7.33. The number of benzene rings is 2. The maximum absolute atomic E-state index is 11.9. The van der Waals surface area contributed by atoms with E-state index in [0.29, 0.717) is 24.7 Å². The molecule has 5 nitrogen and oxygen atoms in total. The lowest BCUT2D eigenvalue weighted by Crippen LogP contribution is -2.27. The van der Waals surface area contributed by atoms with Crippen LogP contribution in [0.2, 0.25) is 0 Å². The summed E-state index contributed by atoms with van der Waals surface area (Å²) >= 11 is 0. The Morgan fingerprint density at radius 3 is 2.48 bits per heavy atom. The van der Waals surface area contributed by atoms with E-state index in [2.05, 4.69) is 5.32 Å². The lowest BCUT2D eigenvalue weighted by atomic mass is 10.2. The molecule has 0 bridgehead atoms. The monoisotopic (exact) mass is 315 g/mol. The van der Waals surface area contributed by atoms with Gasteiger partial charge in [0.25, 0.3) is 0 Å². The van der Waals surface area contributed by atoms with Crippen molar-refractivity contribution >= 4 is 5.91 Å². The van der Waals surface area contributed by atoms with Crippen LogP contribution in [-0.2, 0) is 22.7 Å². The summed E-state index contributed by atoms with van der Waals surface area (Å²) in [5.41, 5.74) is 1.89. The summed E-state index contributed by atoms with van der Waals surface area (Å²) < 4.78 is 16.0. The second kappa shape index (κ2) is 8.80. The summed E-state index contributed by atoms with van der Waals surface area (Å²) in [5, 5.41) is 2.81. The average Bonchev–Trinajstić information content (AvgIpc) is 2.60. The molecule has 0 radical (unpaired) electrons. The van der Waals surface area contributed by atoms with Crippen molar-refractivity contribution in [3.63, 3.8) is 0 Å². The van der Waals surface area contributed by atoms with Gasteiger partial charge in [0.15, 0.2) is 11.5 Å². The van der Waals surface area contributed by atoms with E-state index in [4.69, 9.17) is 14.2 Å². The summed E-state index contributed by atoms with van der Waals surface area (Å²) in [6.07, 6.45) is 0. The largest absolute Gasteiger partial charge is 0.493 e. The zero-order chi connectivity index (χ0) is 16.5. The number of methoxy groups -OCH3 is 2. The van der Waals surface area contributed by atoms with E-state index in [9.17, 15) is 4.79 Å². The molecule has 0 aliphatic rings. The van der Waals surface area contributed by atoms with E-state index in [-0.39, 0.29) is 12.5 Å². The Balaban J connectivity index is 1.80. The minimum Gasteiger partial charge on any atom is -0.493 e. The van der Waals surface area contributed by atoms with Crippen LogP contribution in [0.1, 0.15) is 11.1 Å². The van der Waals surface area contributed by atoms with Crippen molar-refractivity contribution in [3.05, 3.63) is 59.7 Å². The van der Waals surface area contributed by atoms with Gasteiger partial charge in [-0.05, 0) is 11.6 Å². The number of amides is 1. The fraction of sp³-hybridized carbons (Fsp3) is 0.278. The molecule has 0 saturated carbocycles. The number of para-hydroxylation sites is 1. The second-order valence-corrected chi connectivity index (χ2v) is 4.91. The first kappa shape index (κ1) is 16.8. The normalized spacial score (nSPS) is 10.2. The fourth-order valence-electron chi connectivity index (χ4n) is 2.17. The zero-order valence-corrected chi connectivity index (χ0v) is 13.4. The van der Waals surface area contributed by atoms with Gasteiger partial charge in [-0.2, -0.15) is 0 Å². The number of ether oxygens (including phenoxy) is 3. The van der Waals surface area contributed by atoms with Crippen LogP contribution >= 0.6 is 0 Å². The van der Waals surface area contributed by atoms with Gasteiger partial charge in [0, 0.05) is 12.1 Å². The van der Waals surface area contributed by atoms with Gasteiger partial charge in [-0.25, -0.2) is 0 Å². The van der Waals surface area contributed by atoms with E-state index < -0.39 is 0 Å². The molecule has 0 saturated heterocycles. The van der Waals surface area contributed by atoms with Crippen molar-refractivity contribution in [3.8, 4) is 11.5 Å². The summed E-state index contributed by atoms with van der Waals surface area (Å²) in [5.74, 6) is 1.09. The van der Waals surface area contributed by atoms with Gasteiger partial charge < -0.3 is 19.5 Å². The summed E-state index contributed by atoms with van der Waals surface area (Å²) in [6, 6.07) is 15.3. The van der Waals surface area contributed by atoms with E-state index in [0.717, 1.165) is 11.1 Å². The Bertz CT molecular complexity index is 628. The topological polar surface area (TPSA) is 56.8 Å². The molecule has 2 rings (SSSR count). The fourth-order valence-corrected chi connectivity index (χ4v) is 2.17. The Morgan fingerprint density at radius 1 is 1.00 bits per heavy atom. The summed E-state index contributed by atoms with van der Waals surface area (Å²) in [7, 11) is 3.16. The molecule has 0 heterocycles. The first-order valence-electron chi connectivity index (χ1n) is 7.33. The van der Waals surface area contributed by atoms with Crippen LogP contribution in [-0.4, -0.2) is 26.7 Å². The van der Waals surface area contributed by atoms with Crippen molar-refractivity contribution in [2.24, 2.45) is 0 Å². The van der Waals surface area contributed by atoms with Gasteiger partial charge in [-0.15, -0.1) is 0 Å². The average molecular weight is 315 g/mol. The highest BCUT2D eigenvalue weighted by Crippen LogP contribution is 2.30. The number of carbonyl (C=O) groups excluding carboxylic acids is 1. The van der Waals surface area contributed by atoms with Crippen molar-refractivity contribution in [2.75, 3.05) is 20.8 Å². The molecule has 122 valence electrons. The van der Waals surface area contributed by atoms with E-state index in [1.807, 2.05) is 48.5 Å². The molecule has 0 unspecified atom stereocenters. The molecule has 1 N–H and O–H groups in total. The third-order valence-electron chi connectivity index (χ3n) is 3.31.